The second kappa shape index (κ2) is 18.0. The van der Waals surface area contributed by atoms with Crippen molar-refractivity contribution in [1.82, 2.24) is 20.8 Å². The number of aldehydes is 1. The minimum absolute atomic E-state index is 0.140. The van der Waals surface area contributed by atoms with Crippen LogP contribution in [0.15, 0.2) is 60.9 Å². The van der Waals surface area contributed by atoms with Gasteiger partial charge in [-0.05, 0) is 68.5 Å². The van der Waals surface area contributed by atoms with E-state index < -0.39 is 0 Å². The molecule has 0 fully saturated rings. The summed E-state index contributed by atoms with van der Waals surface area (Å²) in [5.74, 6) is 0.847. The number of carbonyl (C=O) groups excluding carboxylic acids is 1. The second-order valence-electron chi connectivity index (χ2n) is 9.29. The van der Waals surface area contributed by atoms with Crippen molar-refractivity contribution in [2.45, 2.75) is 65.5 Å². The number of allylic oxidation sites excluding steroid dienone is 1. The van der Waals surface area contributed by atoms with E-state index >= 15 is 0 Å². The standard InChI is InChI=1S/C30H38N4O.CH5NO/c1-23(27-16-14-26(15-17-27)21-31-18-10-5-4-6-11-19-35)20-29-25(3)32-22-33-30(29)34-24(2)28-12-8-7-9-13-28;1-2-3/h7-9,12-17,19-20,22,24,31H,4-6,10-11,18,21H2,1-3H3,(H,32,33,34);2-3H,1H3/b23-20+;/t24-;/m1./s1. The van der Waals surface area contributed by atoms with Crippen molar-refractivity contribution in [1.29, 1.82) is 0 Å². The Morgan fingerprint density at radius 3 is 2.37 bits per heavy atom. The van der Waals surface area contributed by atoms with Gasteiger partial charge in [0, 0.05) is 31.6 Å². The van der Waals surface area contributed by atoms with E-state index in [9.17, 15) is 4.79 Å². The van der Waals surface area contributed by atoms with Crippen LogP contribution in [0.1, 0.15) is 79.9 Å². The molecular formula is C31H43N5O2. The Labute approximate surface area is 227 Å². The lowest BCUT2D eigenvalue weighted by Gasteiger charge is -2.17. The molecule has 0 unspecified atom stereocenters. The third-order valence-electron chi connectivity index (χ3n) is 6.26. The van der Waals surface area contributed by atoms with E-state index in [0.29, 0.717) is 6.42 Å². The van der Waals surface area contributed by atoms with Gasteiger partial charge in [-0.25, -0.2) is 15.4 Å². The minimum Gasteiger partial charge on any atom is -0.363 e. The van der Waals surface area contributed by atoms with Gasteiger partial charge in [0.05, 0.1) is 5.69 Å². The summed E-state index contributed by atoms with van der Waals surface area (Å²) in [5.41, 5.74) is 8.58. The largest absolute Gasteiger partial charge is 0.363 e. The highest BCUT2D eigenvalue weighted by molar-refractivity contribution is 5.84. The fourth-order valence-corrected chi connectivity index (χ4v) is 4.05. The summed E-state index contributed by atoms with van der Waals surface area (Å²) in [6, 6.07) is 19.3. The van der Waals surface area contributed by atoms with Crippen LogP contribution in [0.2, 0.25) is 0 Å². The van der Waals surface area contributed by atoms with Gasteiger partial charge in [0.1, 0.15) is 18.4 Å². The summed E-state index contributed by atoms with van der Waals surface area (Å²) in [7, 11) is 1.43. The first-order chi connectivity index (χ1) is 18.5. The Kier molecular flexibility index (Phi) is 14.6. The lowest BCUT2D eigenvalue weighted by atomic mass is 10.0. The van der Waals surface area contributed by atoms with Crippen LogP contribution < -0.4 is 16.1 Å². The third kappa shape index (κ3) is 10.9. The number of hydrogen-bond donors (Lipinski definition) is 4. The van der Waals surface area contributed by atoms with Gasteiger partial charge in [-0.15, -0.1) is 0 Å². The molecule has 0 spiro atoms. The molecule has 1 atom stereocenters. The Morgan fingerprint density at radius 2 is 1.68 bits per heavy atom. The van der Waals surface area contributed by atoms with Gasteiger partial charge in [0.25, 0.3) is 0 Å². The summed E-state index contributed by atoms with van der Waals surface area (Å²) in [4.78, 5) is 19.3. The predicted octanol–water partition coefficient (Wildman–Crippen LogP) is 6.35. The average Bonchev–Trinajstić information content (AvgIpc) is 2.93. The van der Waals surface area contributed by atoms with E-state index in [1.807, 2.05) is 13.0 Å². The van der Waals surface area contributed by atoms with Crippen LogP contribution in [0.4, 0.5) is 5.82 Å². The molecule has 0 saturated carbocycles. The zero-order valence-corrected chi connectivity index (χ0v) is 23.2. The molecule has 0 saturated heterocycles. The van der Waals surface area contributed by atoms with Gasteiger partial charge >= 0.3 is 0 Å². The van der Waals surface area contributed by atoms with Crippen LogP contribution in [-0.2, 0) is 11.3 Å². The topological polar surface area (TPSA) is 99.2 Å². The highest BCUT2D eigenvalue weighted by Gasteiger charge is 2.11. The van der Waals surface area contributed by atoms with Crippen molar-refractivity contribution < 1.29 is 10.0 Å². The smallest absolute Gasteiger partial charge is 0.137 e. The lowest BCUT2D eigenvalue weighted by molar-refractivity contribution is -0.107. The molecule has 38 heavy (non-hydrogen) atoms. The second-order valence-corrected chi connectivity index (χ2v) is 9.29. The van der Waals surface area contributed by atoms with Crippen LogP contribution in [-0.4, -0.2) is 35.1 Å². The van der Waals surface area contributed by atoms with Crippen LogP contribution in [0, 0.1) is 6.92 Å². The number of unbranched alkanes of at least 4 members (excludes halogenated alkanes) is 4. The molecule has 3 rings (SSSR count). The number of hydrogen-bond acceptors (Lipinski definition) is 7. The van der Waals surface area contributed by atoms with Gasteiger partial charge in [0.15, 0.2) is 0 Å². The van der Waals surface area contributed by atoms with E-state index in [1.165, 1.54) is 35.7 Å². The summed E-state index contributed by atoms with van der Waals surface area (Å²) in [6.07, 6.45) is 9.96. The molecule has 0 aliphatic rings. The molecule has 1 heterocycles. The molecule has 0 bridgehead atoms. The van der Waals surface area contributed by atoms with E-state index in [0.717, 1.165) is 55.7 Å². The summed E-state index contributed by atoms with van der Waals surface area (Å²) >= 11 is 0. The molecular weight excluding hydrogens is 474 g/mol. The zero-order chi connectivity index (χ0) is 27.6. The van der Waals surface area contributed by atoms with Crippen LogP contribution >= 0.6 is 0 Å². The fraction of sp³-hybridized carbons (Fsp3) is 0.387. The quantitative estimate of drug-likeness (QED) is 0.112. The van der Waals surface area contributed by atoms with Gasteiger partial charge in [-0.1, -0.05) is 67.4 Å². The van der Waals surface area contributed by atoms with E-state index in [1.54, 1.807) is 11.8 Å². The number of nitrogens with one attached hydrogen (secondary N) is 3. The zero-order valence-electron chi connectivity index (χ0n) is 23.2. The molecule has 7 nitrogen and oxygen atoms in total. The third-order valence-corrected chi connectivity index (χ3v) is 6.26. The minimum atomic E-state index is 0.140. The molecule has 0 aliphatic heterocycles. The lowest BCUT2D eigenvalue weighted by Crippen LogP contribution is -2.14. The van der Waals surface area contributed by atoms with Crippen LogP contribution in [0.5, 0.6) is 0 Å². The average molecular weight is 518 g/mol. The Hall–Kier alpha value is -3.39. The van der Waals surface area contributed by atoms with Crippen molar-refractivity contribution in [2.24, 2.45) is 0 Å². The van der Waals surface area contributed by atoms with E-state index in [2.05, 4.69) is 89.1 Å². The maximum Gasteiger partial charge on any atom is 0.137 e. The molecule has 7 heteroatoms. The van der Waals surface area contributed by atoms with Crippen LogP contribution in [0.3, 0.4) is 0 Å². The fourth-order valence-electron chi connectivity index (χ4n) is 4.05. The van der Waals surface area contributed by atoms with Crippen molar-refractivity contribution in [3.8, 4) is 0 Å². The van der Waals surface area contributed by atoms with E-state index in [4.69, 9.17) is 5.21 Å². The predicted molar refractivity (Wildman–Crippen MR) is 157 cm³/mol. The number of hydroxylamine groups is 1. The monoisotopic (exact) mass is 517 g/mol. The molecule has 0 amide bonds. The van der Waals surface area contributed by atoms with Gasteiger partial charge in [0.2, 0.25) is 0 Å². The van der Waals surface area contributed by atoms with Crippen molar-refractivity contribution in [2.75, 3.05) is 18.9 Å². The number of anilines is 1. The maximum absolute atomic E-state index is 10.3. The maximum atomic E-state index is 10.3. The Bertz CT molecular complexity index is 1100. The first-order valence-corrected chi connectivity index (χ1v) is 13.4. The van der Waals surface area contributed by atoms with Gasteiger partial charge < -0.3 is 20.6 Å². The molecule has 0 aliphatic carbocycles. The van der Waals surface area contributed by atoms with Crippen molar-refractivity contribution in [3.05, 3.63) is 88.9 Å². The first kappa shape index (κ1) is 30.8. The Morgan fingerprint density at radius 1 is 1.00 bits per heavy atom. The number of rotatable bonds is 14. The number of benzene rings is 2. The van der Waals surface area contributed by atoms with Gasteiger partial charge in [-0.3, -0.25) is 0 Å². The SMILES string of the molecule is C/C(=C\c1c(C)ncnc1N[C@H](C)c1ccccc1)c1ccc(CNCCCCCCC=O)cc1.CNO. The number of aryl methyl sites for hydroxylation is 1. The number of carbonyl (C=O) groups is 1. The Balaban J connectivity index is 0.00000161. The molecule has 3 aromatic rings. The highest BCUT2D eigenvalue weighted by atomic mass is 16.5. The molecule has 1 aromatic heterocycles. The first-order valence-electron chi connectivity index (χ1n) is 13.4. The molecule has 2 aromatic carbocycles. The normalized spacial score (nSPS) is 11.9. The van der Waals surface area contributed by atoms with Crippen LogP contribution in [0.25, 0.3) is 11.6 Å². The number of nitrogens with zero attached hydrogens (tertiary/aromatic N) is 2. The molecule has 0 radical (unpaired) electrons. The summed E-state index contributed by atoms with van der Waals surface area (Å²) in [6.45, 7) is 8.18. The summed E-state index contributed by atoms with van der Waals surface area (Å²) < 4.78 is 0. The van der Waals surface area contributed by atoms with E-state index in [-0.39, 0.29) is 6.04 Å². The molecule has 4 N–H and O–H groups in total. The summed E-state index contributed by atoms with van der Waals surface area (Å²) in [5, 5.41) is 14.4. The van der Waals surface area contributed by atoms with Crippen molar-refractivity contribution >= 4 is 23.8 Å². The van der Waals surface area contributed by atoms with Crippen molar-refractivity contribution in [3.63, 3.8) is 0 Å². The highest BCUT2D eigenvalue weighted by Crippen LogP contribution is 2.26. The molecule has 204 valence electrons. The van der Waals surface area contributed by atoms with Gasteiger partial charge in [-0.2, -0.15) is 0 Å². The number of aromatic nitrogens is 2.